The number of aromatic nitrogens is 1. The van der Waals surface area contributed by atoms with E-state index in [1.165, 1.54) is 17.7 Å². The summed E-state index contributed by atoms with van der Waals surface area (Å²) in [7, 11) is 0. The minimum absolute atomic E-state index is 0.0321. The van der Waals surface area contributed by atoms with Crippen LogP contribution < -0.4 is 10.1 Å². The number of carbonyl (C=O) groups excluding carboxylic acids is 1. The van der Waals surface area contributed by atoms with Gasteiger partial charge in [0.05, 0.1) is 0 Å². The van der Waals surface area contributed by atoms with Gasteiger partial charge in [0.1, 0.15) is 11.6 Å². The standard InChI is InChI=1S/C22H18BrFN2O2/c23-16-7-5-15(6-8-16)19-11-20(19)22(27)26-13-14-4-9-21(25-12-14)28-18-3-1-2-17(24)10-18/h1-10,12,19-20H,11,13H2,(H,26,27). The Morgan fingerprint density at radius 3 is 2.71 bits per heavy atom. The summed E-state index contributed by atoms with van der Waals surface area (Å²) in [4.78, 5) is 16.6. The molecule has 1 aromatic heterocycles. The summed E-state index contributed by atoms with van der Waals surface area (Å²) < 4.78 is 19.7. The number of carbonyl (C=O) groups is 1. The lowest BCUT2D eigenvalue weighted by molar-refractivity contribution is -0.122. The molecule has 0 aliphatic heterocycles. The van der Waals surface area contributed by atoms with Crippen molar-refractivity contribution in [2.24, 2.45) is 5.92 Å². The van der Waals surface area contributed by atoms with Gasteiger partial charge in [0.25, 0.3) is 0 Å². The molecule has 6 heteroatoms. The molecule has 0 saturated heterocycles. The minimum atomic E-state index is -0.363. The highest BCUT2D eigenvalue weighted by Gasteiger charge is 2.43. The Balaban J connectivity index is 1.28. The van der Waals surface area contributed by atoms with E-state index in [0.717, 1.165) is 16.5 Å². The van der Waals surface area contributed by atoms with Crippen molar-refractivity contribution < 1.29 is 13.9 Å². The second-order valence-corrected chi connectivity index (χ2v) is 7.70. The Labute approximate surface area is 170 Å². The summed E-state index contributed by atoms with van der Waals surface area (Å²) in [6.45, 7) is 0.412. The van der Waals surface area contributed by atoms with Crippen LogP contribution in [-0.4, -0.2) is 10.9 Å². The number of halogens is 2. The van der Waals surface area contributed by atoms with Crippen molar-refractivity contribution >= 4 is 21.8 Å². The Morgan fingerprint density at radius 2 is 2.00 bits per heavy atom. The molecule has 1 saturated carbocycles. The average molecular weight is 441 g/mol. The minimum Gasteiger partial charge on any atom is -0.439 e. The van der Waals surface area contributed by atoms with E-state index >= 15 is 0 Å². The first-order chi connectivity index (χ1) is 13.6. The molecule has 1 amide bonds. The number of nitrogens with zero attached hydrogens (tertiary/aromatic N) is 1. The number of rotatable bonds is 6. The quantitative estimate of drug-likeness (QED) is 0.573. The summed E-state index contributed by atoms with van der Waals surface area (Å²) >= 11 is 3.43. The fourth-order valence-corrected chi connectivity index (χ4v) is 3.37. The molecule has 28 heavy (non-hydrogen) atoms. The molecular weight excluding hydrogens is 423 g/mol. The lowest BCUT2D eigenvalue weighted by atomic mass is 10.1. The van der Waals surface area contributed by atoms with Gasteiger partial charge >= 0.3 is 0 Å². The van der Waals surface area contributed by atoms with Gasteiger partial charge in [0.2, 0.25) is 11.8 Å². The molecule has 3 aromatic rings. The fourth-order valence-electron chi connectivity index (χ4n) is 3.11. The normalized spacial score (nSPS) is 17.8. The van der Waals surface area contributed by atoms with Crippen LogP contribution in [0.15, 0.2) is 71.3 Å². The molecule has 1 aliphatic carbocycles. The summed E-state index contributed by atoms with van der Waals surface area (Å²) in [6, 6.07) is 17.6. The molecule has 1 heterocycles. The van der Waals surface area contributed by atoms with Crippen molar-refractivity contribution in [3.8, 4) is 11.6 Å². The number of hydrogen-bond donors (Lipinski definition) is 1. The molecule has 2 atom stereocenters. The molecule has 2 unspecified atom stereocenters. The number of nitrogens with one attached hydrogen (secondary N) is 1. The number of benzene rings is 2. The van der Waals surface area contributed by atoms with Crippen LogP contribution in [0.2, 0.25) is 0 Å². The number of pyridine rings is 1. The molecule has 0 bridgehead atoms. The highest BCUT2D eigenvalue weighted by Crippen LogP contribution is 2.47. The zero-order valence-electron chi connectivity index (χ0n) is 14.9. The van der Waals surface area contributed by atoms with Crippen LogP contribution >= 0.6 is 15.9 Å². The first-order valence-electron chi connectivity index (χ1n) is 9.00. The molecule has 4 rings (SSSR count). The highest BCUT2D eigenvalue weighted by molar-refractivity contribution is 9.10. The predicted octanol–water partition coefficient (Wildman–Crippen LogP) is 5.20. The van der Waals surface area contributed by atoms with Crippen molar-refractivity contribution in [3.63, 3.8) is 0 Å². The summed E-state index contributed by atoms with van der Waals surface area (Å²) in [5, 5.41) is 2.97. The van der Waals surface area contributed by atoms with Crippen LogP contribution in [0.25, 0.3) is 0 Å². The molecular formula is C22H18BrFN2O2. The lowest BCUT2D eigenvalue weighted by Crippen LogP contribution is -2.24. The maximum atomic E-state index is 13.2. The zero-order valence-corrected chi connectivity index (χ0v) is 16.5. The molecule has 2 aromatic carbocycles. The van der Waals surface area contributed by atoms with Crippen molar-refractivity contribution in [3.05, 3.63) is 88.3 Å². The number of hydrogen-bond acceptors (Lipinski definition) is 3. The largest absolute Gasteiger partial charge is 0.439 e. The number of ether oxygens (including phenoxy) is 1. The number of amides is 1. The zero-order chi connectivity index (χ0) is 19.5. The van der Waals surface area contributed by atoms with Crippen LogP contribution in [-0.2, 0) is 11.3 Å². The summed E-state index contributed by atoms with van der Waals surface area (Å²) in [5.74, 6) is 0.795. The molecule has 0 radical (unpaired) electrons. The first kappa shape index (κ1) is 18.6. The van der Waals surface area contributed by atoms with Gasteiger partial charge in [-0.3, -0.25) is 4.79 Å². The van der Waals surface area contributed by atoms with E-state index in [9.17, 15) is 9.18 Å². The second kappa shape index (κ2) is 8.10. The van der Waals surface area contributed by atoms with Crippen molar-refractivity contribution in [2.75, 3.05) is 0 Å². The van der Waals surface area contributed by atoms with Gasteiger partial charge in [-0.25, -0.2) is 9.37 Å². The van der Waals surface area contributed by atoms with Crippen LogP contribution in [0, 0.1) is 11.7 Å². The van der Waals surface area contributed by atoms with Gasteiger partial charge in [0, 0.05) is 35.3 Å². The van der Waals surface area contributed by atoms with E-state index in [-0.39, 0.29) is 17.6 Å². The Kier molecular flexibility index (Phi) is 5.39. The molecule has 1 aliphatic rings. The third kappa shape index (κ3) is 4.57. The monoisotopic (exact) mass is 440 g/mol. The second-order valence-electron chi connectivity index (χ2n) is 6.78. The summed E-state index contributed by atoms with van der Waals surface area (Å²) in [5.41, 5.74) is 2.07. The van der Waals surface area contributed by atoms with Gasteiger partial charge in [-0.15, -0.1) is 0 Å². The maximum absolute atomic E-state index is 13.2. The van der Waals surface area contributed by atoms with Gasteiger partial charge in [-0.2, -0.15) is 0 Å². The van der Waals surface area contributed by atoms with Gasteiger partial charge in [-0.05, 0) is 47.7 Å². The molecule has 1 N–H and O–H groups in total. The fraction of sp³-hybridized carbons (Fsp3) is 0.182. The highest BCUT2D eigenvalue weighted by atomic mass is 79.9. The van der Waals surface area contributed by atoms with E-state index in [1.807, 2.05) is 18.2 Å². The lowest BCUT2D eigenvalue weighted by Gasteiger charge is -2.07. The Morgan fingerprint density at radius 1 is 1.18 bits per heavy atom. The van der Waals surface area contributed by atoms with Gasteiger partial charge in [0.15, 0.2) is 0 Å². The predicted molar refractivity (Wildman–Crippen MR) is 108 cm³/mol. The maximum Gasteiger partial charge on any atom is 0.224 e. The van der Waals surface area contributed by atoms with E-state index in [0.29, 0.717) is 24.1 Å². The van der Waals surface area contributed by atoms with E-state index in [2.05, 4.69) is 38.4 Å². The molecule has 1 fully saturated rings. The van der Waals surface area contributed by atoms with Crippen LogP contribution in [0.1, 0.15) is 23.5 Å². The first-order valence-corrected chi connectivity index (χ1v) is 9.79. The van der Waals surface area contributed by atoms with Crippen LogP contribution in [0.4, 0.5) is 4.39 Å². The van der Waals surface area contributed by atoms with Crippen LogP contribution in [0.3, 0.4) is 0 Å². The Bertz CT molecular complexity index is 977. The Hall–Kier alpha value is -2.73. The average Bonchev–Trinajstić information content (AvgIpc) is 3.49. The van der Waals surface area contributed by atoms with Crippen molar-refractivity contribution in [2.45, 2.75) is 18.9 Å². The molecule has 142 valence electrons. The van der Waals surface area contributed by atoms with Gasteiger partial charge < -0.3 is 10.1 Å². The van der Waals surface area contributed by atoms with Crippen molar-refractivity contribution in [1.82, 2.24) is 10.3 Å². The SMILES string of the molecule is O=C(NCc1ccc(Oc2cccc(F)c2)nc1)C1CC1c1ccc(Br)cc1. The summed E-state index contributed by atoms with van der Waals surface area (Å²) in [6.07, 6.45) is 2.53. The van der Waals surface area contributed by atoms with E-state index < -0.39 is 0 Å². The third-order valence-electron chi connectivity index (χ3n) is 4.71. The van der Waals surface area contributed by atoms with Crippen LogP contribution in [0.5, 0.6) is 11.6 Å². The topological polar surface area (TPSA) is 51.2 Å². The van der Waals surface area contributed by atoms with Gasteiger partial charge in [-0.1, -0.05) is 40.2 Å². The van der Waals surface area contributed by atoms with E-state index in [1.54, 1.807) is 24.4 Å². The smallest absolute Gasteiger partial charge is 0.224 e. The van der Waals surface area contributed by atoms with E-state index in [4.69, 9.17) is 4.74 Å². The molecule has 0 spiro atoms. The third-order valence-corrected chi connectivity index (χ3v) is 5.24. The van der Waals surface area contributed by atoms with Crippen molar-refractivity contribution in [1.29, 1.82) is 0 Å². The molecule has 4 nitrogen and oxygen atoms in total.